The number of ether oxygens (including phenoxy) is 1. The fraction of sp³-hybridized carbons (Fsp3) is 0.235. The monoisotopic (exact) mass is 336 g/mol. The molecule has 0 atom stereocenters. The molecule has 0 spiro atoms. The van der Waals surface area contributed by atoms with Gasteiger partial charge in [-0.2, -0.15) is 0 Å². The van der Waals surface area contributed by atoms with Crippen LogP contribution in [0.15, 0.2) is 42.5 Å². The Bertz CT molecular complexity index is 694. The fourth-order valence-corrected chi connectivity index (χ4v) is 2.40. The highest BCUT2D eigenvalue weighted by Crippen LogP contribution is 2.22. The lowest BCUT2D eigenvalue weighted by Crippen LogP contribution is -2.30. The number of hydrogen-bond donors (Lipinski definition) is 1. The van der Waals surface area contributed by atoms with Crippen molar-refractivity contribution in [2.45, 2.75) is 6.54 Å². The summed E-state index contributed by atoms with van der Waals surface area (Å²) in [6.07, 6.45) is 0. The van der Waals surface area contributed by atoms with Gasteiger partial charge < -0.3 is 10.1 Å². The molecule has 0 aromatic heterocycles. The Morgan fingerprint density at radius 3 is 2.74 bits per heavy atom. The van der Waals surface area contributed by atoms with Crippen LogP contribution in [0.3, 0.4) is 0 Å². The second kappa shape index (κ2) is 7.94. The van der Waals surface area contributed by atoms with Crippen molar-refractivity contribution in [3.8, 4) is 5.75 Å². The molecule has 23 heavy (non-hydrogen) atoms. The van der Waals surface area contributed by atoms with Gasteiger partial charge in [-0.15, -0.1) is 0 Å². The van der Waals surface area contributed by atoms with Crippen molar-refractivity contribution in [2.75, 3.05) is 26.0 Å². The second-order valence-electron chi connectivity index (χ2n) is 5.16. The topological polar surface area (TPSA) is 41.6 Å². The van der Waals surface area contributed by atoms with E-state index in [0.717, 1.165) is 0 Å². The Morgan fingerprint density at radius 1 is 1.30 bits per heavy atom. The third-order valence-electron chi connectivity index (χ3n) is 3.24. The summed E-state index contributed by atoms with van der Waals surface area (Å²) in [7, 11) is 3.30. The SMILES string of the molecule is COc1ccc(F)cc1CN(C)CC(=O)Nc1ccccc1Cl. The molecular formula is C17H18ClFN2O2. The molecule has 1 N–H and O–H groups in total. The van der Waals surface area contributed by atoms with Gasteiger partial charge >= 0.3 is 0 Å². The van der Waals surface area contributed by atoms with Crippen LogP contribution in [-0.2, 0) is 11.3 Å². The number of halogens is 2. The van der Waals surface area contributed by atoms with Gasteiger partial charge in [0.05, 0.1) is 24.4 Å². The highest BCUT2D eigenvalue weighted by Gasteiger charge is 2.12. The van der Waals surface area contributed by atoms with Gasteiger partial charge in [-0.25, -0.2) is 4.39 Å². The Labute approximate surface area is 139 Å². The molecule has 0 aliphatic carbocycles. The molecule has 0 saturated carbocycles. The molecule has 0 aliphatic rings. The number of methoxy groups -OCH3 is 1. The summed E-state index contributed by atoms with van der Waals surface area (Å²) in [5.41, 5.74) is 1.25. The van der Waals surface area contributed by atoms with Gasteiger partial charge in [0.25, 0.3) is 0 Å². The van der Waals surface area contributed by atoms with Gasteiger partial charge in [0.15, 0.2) is 0 Å². The summed E-state index contributed by atoms with van der Waals surface area (Å²) in [5, 5.41) is 3.23. The molecule has 0 bridgehead atoms. The highest BCUT2D eigenvalue weighted by atomic mass is 35.5. The maximum Gasteiger partial charge on any atom is 0.238 e. The van der Waals surface area contributed by atoms with E-state index in [1.807, 2.05) is 0 Å². The molecule has 2 aromatic rings. The number of carbonyl (C=O) groups excluding carboxylic acids is 1. The van der Waals surface area contributed by atoms with Crippen molar-refractivity contribution < 1.29 is 13.9 Å². The van der Waals surface area contributed by atoms with E-state index in [4.69, 9.17) is 16.3 Å². The predicted octanol–water partition coefficient (Wildman–Crippen LogP) is 3.56. The van der Waals surface area contributed by atoms with Crippen LogP contribution in [0.4, 0.5) is 10.1 Å². The maximum absolute atomic E-state index is 13.4. The van der Waals surface area contributed by atoms with Crippen LogP contribution in [0.5, 0.6) is 5.75 Å². The van der Waals surface area contributed by atoms with Crippen LogP contribution < -0.4 is 10.1 Å². The van der Waals surface area contributed by atoms with E-state index in [0.29, 0.717) is 28.6 Å². The van der Waals surface area contributed by atoms with Crippen molar-refractivity contribution in [1.29, 1.82) is 0 Å². The van der Waals surface area contributed by atoms with Crippen molar-refractivity contribution in [3.63, 3.8) is 0 Å². The first-order valence-electron chi connectivity index (χ1n) is 7.05. The van der Waals surface area contributed by atoms with E-state index in [1.165, 1.54) is 19.2 Å². The predicted molar refractivity (Wildman–Crippen MR) is 89.4 cm³/mol. The first-order chi connectivity index (χ1) is 11.0. The molecule has 6 heteroatoms. The second-order valence-corrected chi connectivity index (χ2v) is 5.56. The van der Waals surface area contributed by atoms with Crippen LogP contribution in [0.2, 0.25) is 5.02 Å². The molecule has 0 radical (unpaired) electrons. The minimum Gasteiger partial charge on any atom is -0.496 e. The molecule has 0 saturated heterocycles. The summed E-state index contributed by atoms with van der Waals surface area (Å²) in [5.74, 6) is 0.0513. The van der Waals surface area contributed by atoms with Gasteiger partial charge in [0.2, 0.25) is 5.91 Å². The van der Waals surface area contributed by atoms with E-state index in [1.54, 1.807) is 42.3 Å². The quantitative estimate of drug-likeness (QED) is 0.877. The van der Waals surface area contributed by atoms with Crippen LogP contribution >= 0.6 is 11.6 Å². The number of anilines is 1. The smallest absolute Gasteiger partial charge is 0.238 e. The molecular weight excluding hydrogens is 319 g/mol. The molecule has 2 aromatic carbocycles. The zero-order chi connectivity index (χ0) is 16.8. The Balaban J connectivity index is 1.97. The van der Waals surface area contributed by atoms with Gasteiger partial charge in [0, 0.05) is 12.1 Å². The molecule has 0 unspecified atom stereocenters. The van der Waals surface area contributed by atoms with E-state index in [-0.39, 0.29) is 18.3 Å². The van der Waals surface area contributed by atoms with Gasteiger partial charge in [0.1, 0.15) is 11.6 Å². The number of benzene rings is 2. The molecule has 2 rings (SSSR count). The number of nitrogens with one attached hydrogen (secondary N) is 1. The third kappa shape index (κ3) is 4.94. The summed E-state index contributed by atoms with van der Waals surface area (Å²) < 4.78 is 18.6. The minimum atomic E-state index is -0.338. The number of likely N-dealkylation sites (N-methyl/N-ethyl adjacent to an activating group) is 1. The average molecular weight is 337 g/mol. The van der Waals surface area contributed by atoms with Crippen molar-refractivity contribution in [3.05, 3.63) is 58.9 Å². The van der Waals surface area contributed by atoms with Gasteiger partial charge in [-0.1, -0.05) is 23.7 Å². The molecule has 4 nitrogen and oxygen atoms in total. The number of rotatable bonds is 6. The summed E-state index contributed by atoms with van der Waals surface area (Å²) in [6.45, 7) is 0.530. The van der Waals surface area contributed by atoms with Crippen LogP contribution in [0.25, 0.3) is 0 Å². The number of para-hydroxylation sites is 1. The third-order valence-corrected chi connectivity index (χ3v) is 3.57. The van der Waals surface area contributed by atoms with Gasteiger partial charge in [-0.05, 0) is 37.4 Å². The van der Waals surface area contributed by atoms with E-state index >= 15 is 0 Å². The molecule has 0 heterocycles. The Kier molecular flexibility index (Phi) is 5.96. The molecule has 1 amide bonds. The normalized spacial score (nSPS) is 10.7. The van der Waals surface area contributed by atoms with Crippen LogP contribution in [0, 0.1) is 5.82 Å². The highest BCUT2D eigenvalue weighted by molar-refractivity contribution is 6.33. The number of amides is 1. The summed E-state index contributed by atoms with van der Waals surface area (Å²) >= 11 is 6.01. The lowest BCUT2D eigenvalue weighted by atomic mass is 10.2. The first-order valence-corrected chi connectivity index (χ1v) is 7.42. The minimum absolute atomic E-state index is 0.144. The first kappa shape index (κ1) is 17.2. The lowest BCUT2D eigenvalue weighted by Gasteiger charge is -2.18. The number of carbonyl (C=O) groups is 1. The molecule has 0 fully saturated rings. The van der Waals surface area contributed by atoms with Crippen LogP contribution in [-0.4, -0.2) is 31.5 Å². The number of hydrogen-bond acceptors (Lipinski definition) is 3. The van der Waals surface area contributed by atoms with E-state index < -0.39 is 0 Å². The van der Waals surface area contributed by atoms with Gasteiger partial charge in [-0.3, -0.25) is 9.69 Å². The zero-order valence-corrected chi connectivity index (χ0v) is 13.7. The lowest BCUT2D eigenvalue weighted by molar-refractivity contribution is -0.117. The van der Waals surface area contributed by atoms with Crippen molar-refractivity contribution in [1.82, 2.24) is 4.90 Å². The standard InChI is InChI=1S/C17H18ClFN2O2/c1-21(10-12-9-13(19)7-8-16(12)23-2)11-17(22)20-15-6-4-3-5-14(15)18/h3-9H,10-11H2,1-2H3,(H,20,22). The summed E-state index contributed by atoms with van der Waals surface area (Å²) in [4.78, 5) is 13.8. The zero-order valence-electron chi connectivity index (χ0n) is 13.0. The average Bonchev–Trinajstić information content (AvgIpc) is 2.49. The summed E-state index contributed by atoms with van der Waals surface area (Å²) in [6, 6.07) is 11.3. The van der Waals surface area contributed by atoms with E-state index in [2.05, 4.69) is 5.32 Å². The van der Waals surface area contributed by atoms with Crippen molar-refractivity contribution >= 4 is 23.2 Å². The van der Waals surface area contributed by atoms with Crippen molar-refractivity contribution in [2.24, 2.45) is 0 Å². The number of nitrogens with zero attached hydrogens (tertiary/aromatic N) is 1. The largest absolute Gasteiger partial charge is 0.496 e. The van der Waals surface area contributed by atoms with E-state index in [9.17, 15) is 9.18 Å². The Morgan fingerprint density at radius 2 is 2.04 bits per heavy atom. The fourth-order valence-electron chi connectivity index (χ4n) is 2.21. The molecule has 0 aliphatic heterocycles. The molecule has 122 valence electrons. The Hall–Kier alpha value is -2.11. The van der Waals surface area contributed by atoms with Crippen LogP contribution in [0.1, 0.15) is 5.56 Å². The maximum atomic E-state index is 13.4.